The molecular formula is C14H18N2O5. The Morgan fingerprint density at radius 2 is 2.00 bits per heavy atom. The Balaban J connectivity index is 2.40. The van der Waals surface area contributed by atoms with E-state index in [-0.39, 0.29) is 0 Å². The van der Waals surface area contributed by atoms with Crippen molar-refractivity contribution < 1.29 is 24.2 Å². The number of carboxylic acids is 1. The Morgan fingerprint density at radius 1 is 1.29 bits per heavy atom. The molecule has 0 unspecified atom stereocenters. The Bertz CT molecular complexity index is 530. The van der Waals surface area contributed by atoms with Crippen LogP contribution in [0.2, 0.25) is 0 Å². The molecule has 0 saturated carbocycles. The van der Waals surface area contributed by atoms with Crippen LogP contribution in [0.5, 0.6) is 0 Å². The molecule has 0 aromatic heterocycles. The fourth-order valence-corrected chi connectivity index (χ4v) is 1.64. The monoisotopic (exact) mass is 294 g/mol. The van der Waals surface area contributed by atoms with E-state index in [2.05, 4.69) is 10.1 Å². The summed E-state index contributed by atoms with van der Waals surface area (Å²) in [5.74, 6) is -1.86. The summed E-state index contributed by atoms with van der Waals surface area (Å²) in [6, 6.07) is 7.10. The number of urea groups is 1. The number of hydrogen-bond donors (Lipinski definition) is 2. The molecule has 0 radical (unpaired) electrons. The van der Waals surface area contributed by atoms with Crippen molar-refractivity contribution in [3.63, 3.8) is 0 Å². The number of carbonyl (C=O) groups excluding carboxylic acids is 2. The van der Waals surface area contributed by atoms with Crippen LogP contribution in [0.25, 0.3) is 0 Å². The van der Waals surface area contributed by atoms with Crippen molar-refractivity contribution in [3.8, 4) is 0 Å². The van der Waals surface area contributed by atoms with Crippen molar-refractivity contribution >= 4 is 17.9 Å². The van der Waals surface area contributed by atoms with Gasteiger partial charge in [0.15, 0.2) is 0 Å². The van der Waals surface area contributed by atoms with Gasteiger partial charge in [0.05, 0.1) is 0 Å². The van der Waals surface area contributed by atoms with Gasteiger partial charge in [-0.05, 0) is 12.5 Å². The highest BCUT2D eigenvalue weighted by atomic mass is 16.5. The largest absolute Gasteiger partial charge is 0.480 e. The highest BCUT2D eigenvalue weighted by Gasteiger charge is 2.13. The van der Waals surface area contributed by atoms with Crippen LogP contribution in [-0.2, 0) is 20.9 Å². The maximum Gasteiger partial charge on any atom is 0.329 e. The van der Waals surface area contributed by atoms with Crippen LogP contribution in [0.15, 0.2) is 24.3 Å². The summed E-state index contributed by atoms with van der Waals surface area (Å²) in [5.41, 5.74) is 2.03. The van der Waals surface area contributed by atoms with Crippen molar-refractivity contribution in [2.24, 2.45) is 0 Å². The smallest absolute Gasteiger partial charge is 0.329 e. The molecule has 0 saturated heterocycles. The number of rotatable bonds is 6. The van der Waals surface area contributed by atoms with Gasteiger partial charge in [0.25, 0.3) is 5.91 Å². The summed E-state index contributed by atoms with van der Waals surface area (Å²) in [4.78, 5) is 34.7. The zero-order valence-corrected chi connectivity index (χ0v) is 12.0. The van der Waals surface area contributed by atoms with Crippen molar-refractivity contribution in [1.82, 2.24) is 10.2 Å². The van der Waals surface area contributed by atoms with Gasteiger partial charge in [0.2, 0.25) is 0 Å². The van der Waals surface area contributed by atoms with Gasteiger partial charge in [-0.3, -0.25) is 10.1 Å². The van der Waals surface area contributed by atoms with E-state index in [1.165, 1.54) is 4.90 Å². The number of amides is 3. The summed E-state index contributed by atoms with van der Waals surface area (Å²) >= 11 is 0. The predicted molar refractivity (Wildman–Crippen MR) is 74.6 cm³/mol. The average molecular weight is 294 g/mol. The third-order valence-corrected chi connectivity index (χ3v) is 2.55. The summed E-state index contributed by atoms with van der Waals surface area (Å²) in [5, 5.41) is 10.5. The number of carboxylic acid groups (broad SMARTS) is 1. The van der Waals surface area contributed by atoms with Crippen LogP contribution in [0.4, 0.5) is 4.79 Å². The molecule has 7 heteroatoms. The summed E-state index contributed by atoms with van der Waals surface area (Å²) in [6.07, 6.45) is 0. The molecule has 1 aromatic rings. The molecule has 3 amide bonds. The van der Waals surface area contributed by atoms with Gasteiger partial charge in [-0.1, -0.05) is 29.8 Å². The number of ether oxygens (including phenoxy) is 1. The van der Waals surface area contributed by atoms with Gasteiger partial charge in [-0.25, -0.2) is 9.59 Å². The number of nitrogens with zero attached hydrogens (tertiary/aromatic N) is 1. The maximum absolute atomic E-state index is 11.8. The van der Waals surface area contributed by atoms with Gasteiger partial charge in [0.1, 0.15) is 13.2 Å². The molecule has 0 heterocycles. The quantitative estimate of drug-likeness (QED) is 0.807. The summed E-state index contributed by atoms with van der Waals surface area (Å²) < 4.78 is 4.59. The van der Waals surface area contributed by atoms with Crippen LogP contribution in [-0.4, -0.2) is 48.2 Å². The molecule has 0 atom stereocenters. The first kappa shape index (κ1) is 16.6. The van der Waals surface area contributed by atoms with E-state index in [1.807, 2.05) is 31.2 Å². The topological polar surface area (TPSA) is 95.9 Å². The first-order valence-corrected chi connectivity index (χ1v) is 6.28. The molecular weight excluding hydrogens is 276 g/mol. The Morgan fingerprint density at radius 3 is 2.62 bits per heavy atom. The number of nitrogens with one attached hydrogen (secondary N) is 1. The first-order chi connectivity index (χ1) is 9.88. The fraction of sp³-hybridized carbons (Fsp3) is 0.357. The van der Waals surface area contributed by atoms with Crippen LogP contribution < -0.4 is 5.32 Å². The molecule has 0 aliphatic heterocycles. The average Bonchev–Trinajstić information content (AvgIpc) is 2.38. The predicted octanol–water partition coefficient (Wildman–Crippen LogP) is 0.764. The van der Waals surface area contributed by atoms with Crippen molar-refractivity contribution in [2.45, 2.75) is 13.5 Å². The third-order valence-electron chi connectivity index (χ3n) is 2.55. The molecule has 21 heavy (non-hydrogen) atoms. The fourth-order valence-electron chi connectivity index (χ4n) is 1.64. The molecule has 0 bridgehead atoms. The molecule has 1 rings (SSSR count). The van der Waals surface area contributed by atoms with Crippen LogP contribution >= 0.6 is 0 Å². The molecule has 2 N–H and O–H groups in total. The second-order valence-electron chi connectivity index (χ2n) is 4.58. The Kier molecular flexibility index (Phi) is 6.35. The standard InChI is InChI=1S/C14H18N2O5/c1-10-4-3-5-11(6-10)7-16(2)14(20)15-12(17)8-21-9-13(18)19/h3-6H,7-9H2,1-2H3,(H,18,19)(H,15,17,20). The molecule has 7 nitrogen and oxygen atoms in total. The second-order valence-corrected chi connectivity index (χ2v) is 4.58. The van der Waals surface area contributed by atoms with Gasteiger partial charge in [0, 0.05) is 13.6 Å². The molecule has 1 aromatic carbocycles. The van der Waals surface area contributed by atoms with E-state index in [0.29, 0.717) is 6.54 Å². The van der Waals surface area contributed by atoms with E-state index in [0.717, 1.165) is 11.1 Å². The zero-order valence-electron chi connectivity index (χ0n) is 12.0. The maximum atomic E-state index is 11.8. The van der Waals surface area contributed by atoms with E-state index in [1.54, 1.807) is 7.05 Å². The first-order valence-electron chi connectivity index (χ1n) is 6.28. The lowest BCUT2D eigenvalue weighted by atomic mass is 10.1. The molecule has 114 valence electrons. The van der Waals surface area contributed by atoms with Crippen molar-refractivity contribution in [3.05, 3.63) is 35.4 Å². The lowest BCUT2D eigenvalue weighted by Gasteiger charge is -2.17. The van der Waals surface area contributed by atoms with E-state index >= 15 is 0 Å². The number of imide groups is 1. The normalized spacial score (nSPS) is 10.0. The lowest BCUT2D eigenvalue weighted by molar-refractivity contribution is -0.143. The van der Waals surface area contributed by atoms with Crippen molar-refractivity contribution in [2.75, 3.05) is 20.3 Å². The minimum atomic E-state index is -1.18. The van der Waals surface area contributed by atoms with Gasteiger partial charge in [-0.2, -0.15) is 0 Å². The van der Waals surface area contributed by atoms with Crippen LogP contribution in [0.1, 0.15) is 11.1 Å². The Labute approximate surface area is 122 Å². The minimum Gasteiger partial charge on any atom is -0.480 e. The number of benzene rings is 1. The lowest BCUT2D eigenvalue weighted by Crippen LogP contribution is -2.42. The van der Waals surface area contributed by atoms with Crippen molar-refractivity contribution in [1.29, 1.82) is 0 Å². The van der Waals surface area contributed by atoms with Gasteiger partial charge in [-0.15, -0.1) is 0 Å². The van der Waals surface area contributed by atoms with E-state index in [9.17, 15) is 14.4 Å². The highest BCUT2D eigenvalue weighted by molar-refractivity contribution is 5.94. The van der Waals surface area contributed by atoms with Gasteiger partial charge >= 0.3 is 12.0 Å². The van der Waals surface area contributed by atoms with Crippen LogP contribution in [0.3, 0.4) is 0 Å². The molecule has 0 spiro atoms. The van der Waals surface area contributed by atoms with Crippen LogP contribution in [0, 0.1) is 6.92 Å². The summed E-state index contributed by atoms with van der Waals surface area (Å²) in [6.45, 7) is 1.25. The highest BCUT2D eigenvalue weighted by Crippen LogP contribution is 2.06. The van der Waals surface area contributed by atoms with E-state index in [4.69, 9.17) is 5.11 Å². The zero-order chi connectivity index (χ0) is 15.8. The van der Waals surface area contributed by atoms with E-state index < -0.39 is 31.1 Å². The number of hydrogen-bond acceptors (Lipinski definition) is 4. The minimum absolute atomic E-state index is 0.358. The number of aliphatic carboxylic acids is 1. The SMILES string of the molecule is Cc1cccc(CN(C)C(=O)NC(=O)COCC(=O)O)c1. The molecule has 0 aliphatic rings. The second kappa shape index (κ2) is 8.01. The molecule has 0 fully saturated rings. The third kappa shape index (κ3) is 6.53. The van der Waals surface area contributed by atoms with Gasteiger partial charge < -0.3 is 14.7 Å². The summed E-state index contributed by atoms with van der Waals surface area (Å²) in [7, 11) is 1.56. The number of carbonyl (C=O) groups is 3. The number of aryl methyl sites for hydroxylation is 1. The Hall–Kier alpha value is -2.41. The molecule has 0 aliphatic carbocycles.